The van der Waals surface area contributed by atoms with Crippen molar-refractivity contribution >= 4 is 44.7 Å². The fraction of sp³-hybridized carbons (Fsp3) is 0.100. The number of halogens is 2. The van der Waals surface area contributed by atoms with Crippen LogP contribution in [0.4, 0.5) is 16.0 Å². The molecule has 0 fully saturated rings. The minimum absolute atomic E-state index is 0.0380. The molecule has 0 bridgehead atoms. The summed E-state index contributed by atoms with van der Waals surface area (Å²) in [6.07, 6.45) is 1.57. The van der Waals surface area contributed by atoms with Gasteiger partial charge in [0.15, 0.2) is 0 Å². The summed E-state index contributed by atoms with van der Waals surface area (Å²) in [5.41, 5.74) is 1.12. The molecule has 0 aliphatic carbocycles. The normalized spacial score (nSPS) is 11.0. The fourth-order valence-corrected chi connectivity index (χ4v) is 3.91. The van der Waals surface area contributed by atoms with Gasteiger partial charge in [0, 0.05) is 15.8 Å². The van der Waals surface area contributed by atoms with Gasteiger partial charge < -0.3 is 14.6 Å². The van der Waals surface area contributed by atoms with Gasteiger partial charge in [0.1, 0.15) is 5.82 Å². The lowest BCUT2D eigenvalue weighted by Crippen LogP contribution is -2.18. The molecule has 5 nitrogen and oxygen atoms in total. The standard InChI is InChI=1S/C20H15ClFN3O2S/c1-27-17-11-25(10-12-5-6-15(22)14(21)9-12)20(24-19(17)26)23-16-3-2-4-18-13(16)7-8-28-18/h2-9,11H,10H2,1H3,(H,23,24,26). The number of nitrogens with zero attached hydrogens (tertiary/aromatic N) is 2. The second-order valence-corrected chi connectivity index (χ2v) is 7.43. The average molecular weight is 416 g/mol. The van der Waals surface area contributed by atoms with Crippen LogP contribution in [0, 0.1) is 5.82 Å². The molecule has 0 saturated heterocycles. The van der Waals surface area contributed by atoms with E-state index in [1.54, 1.807) is 34.2 Å². The van der Waals surface area contributed by atoms with Gasteiger partial charge in [-0.2, -0.15) is 4.98 Å². The predicted molar refractivity (Wildman–Crippen MR) is 111 cm³/mol. The van der Waals surface area contributed by atoms with Gasteiger partial charge in [-0.05, 0) is 41.3 Å². The lowest BCUT2D eigenvalue weighted by Gasteiger charge is -2.16. The number of hydrogen-bond donors (Lipinski definition) is 1. The lowest BCUT2D eigenvalue weighted by atomic mass is 10.2. The van der Waals surface area contributed by atoms with Crippen molar-refractivity contribution < 1.29 is 9.13 Å². The SMILES string of the molecule is COc1cn(Cc2ccc(F)c(Cl)c2)c(Nc2cccc3sccc23)nc1=O. The van der Waals surface area contributed by atoms with Gasteiger partial charge >= 0.3 is 5.56 Å². The third-order valence-electron chi connectivity index (χ3n) is 4.26. The van der Waals surface area contributed by atoms with Gasteiger partial charge in [-0.25, -0.2) is 4.39 Å². The Labute approximate surface area is 169 Å². The Hall–Kier alpha value is -2.90. The van der Waals surface area contributed by atoms with Crippen molar-refractivity contribution in [2.24, 2.45) is 0 Å². The van der Waals surface area contributed by atoms with Crippen LogP contribution in [-0.2, 0) is 6.54 Å². The number of fused-ring (bicyclic) bond motifs is 1. The zero-order valence-electron chi connectivity index (χ0n) is 14.8. The number of ether oxygens (including phenoxy) is 1. The summed E-state index contributed by atoms with van der Waals surface area (Å²) in [7, 11) is 1.41. The Bertz CT molecular complexity index is 1220. The maximum absolute atomic E-state index is 13.5. The zero-order chi connectivity index (χ0) is 19.7. The molecule has 2 aromatic carbocycles. The molecule has 0 atom stereocenters. The van der Waals surface area contributed by atoms with Crippen molar-refractivity contribution in [1.29, 1.82) is 0 Å². The molecule has 0 spiro atoms. The Balaban J connectivity index is 1.77. The highest BCUT2D eigenvalue weighted by molar-refractivity contribution is 7.17. The number of anilines is 2. The minimum atomic E-state index is -0.483. The van der Waals surface area contributed by atoms with Crippen LogP contribution in [0.3, 0.4) is 0 Å². The van der Waals surface area contributed by atoms with E-state index in [9.17, 15) is 9.18 Å². The maximum atomic E-state index is 13.5. The van der Waals surface area contributed by atoms with E-state index >= 15 is 0 Å². The summed E-state index contributed by atoms with van der Waals surface area (Å²) < 4.78 is 21.4. The van der Waals surface area contributed by atoms with E-state index in [2.05, 4.69) is 10.3 Å². The van der Waals surface area contributed by atoms with Crippen LogP contribution < -0.4 is 15.6 Å². The van der Waals surface area contributed by atoms with E-state index in [0.29, 0.717) is 12.5 Å². The average Bonchev–Trinajstić information content (AvgIpc) is 3.16. The van der Waals surface area contributed by atoms with Crippen molar-refractivity contribution in [3.63, 3.8) is 0 Å². The van der Waals surface area contributed by atoms with Crippen LogP contribution in [-0.4, -0.2) is 16.7 Å². The van der Waals surface area contributed by atoms with Crippen LogP contribution in [0.1, 0.15) is 5.56 Å². The van der Waals surface area contributed by atoms with Gasteiger partial charge in [-0.3, -0.25) is 4.79 Å². The van der Waals surface area contributed by atoms with Crippen molar-refractivity contribution in [2.45, 2.75) is 6.54 Å². The summed E-state index contributed by atoms with van der Waals surface area (Å²) in [5.74, 6) is -0.0130. The van der Waals surface area contributed by atoms with Gasteiger partial charge in [0.05, 0.1) is 24.9 Å². The van der Waals surface area contributed by atoms with Crippen molar-refractivity contribution in [3.05, 3.63) is 80.8 Å². The highest BCUT2D eigenvalue weighted by Gasteiger charge is 2.12. The Morgan fingerprint density at radius 3 is 2.93 bits per heavy atom. The predicted octanol–water partition coefficient (Wildman–Crippen LogP) is 5.05. The second-order valence-electron chi connectivity index (χ2n) is 6.08. The molecule has 2 aromatic heterocycles. The van der Waals surface area contributed by atoms with Crippen molar-refractivity contribution in [1.82, 2.24) is 9.55 Å². The quantitative estimate of drug-likeness (QED) is 0.495. The molecule has 142 valence electrons. The molecule has 1 N–H and O–H groups in total. The zero-order valence-corrected chi connectivity index (χ0v) is 16.4. The molecule has 28 heavy (non-hydrogen) atoms. The van der Waals surface area contributed by atoms with E-state index in [-0.39, 0.29) is 10.8 Å². The highest BCUT2D eigenvalue weighted by atomic mass is 35.5. The summed E-state index contributed by atoms with van der Waals surface area (Å²) in [4.78, 5) is 16.4. The topological polar surface area (TPSA) is 56.1 Å². The second kappa shape index (κ2) is 7.61. The molecule has 0 unspecified atom stereocenters. The van der Waals surface area contributed by atoms with E-state index < -0.39 is 11.4 Å². The molecule has 4 rings (SSSR count). The number of rotatable bonds is 5. The van der Waals surface area contributed by atoms with Gasteiger partial charge in [-0.1, -0.05) is 23.7 Å². The van der Waals surface area contributed by atoms with E-state index in [4.69, 9.17) is 16.3 Å². The largest absolute Gasteiger partial charge is 0.490 e. The monoisotopic (exact) mass is 415 g/mol. The maximum Gasteiger partial charge on any atom is 0.316 e. The van der Waals surface area contributed by atoms with Crippen molar-refractivity contribution in [2.75, 3.05) is 12.4 Å². The lowest BCUT2D eigenvalue weighted by molar-refractivity contribution is 0.402. The Morgan fingerprint density at radius 2 is 2.14 bits per heavy atom. The van der Waals surface area contributed by atoms with Crippen LogP contribution in [0.5, 0.6) is 5.75 Å². The number of thiophene rings is 1. The fourth-order valence-electron chi connectivity index (χ4n) is 2.89. The minimum Gasteiger partial charge on any atom is -0.490 e. The molecule has 0 saturated carbocycles. The van der Waals surface area contributed by atoms with Crippen LogP contribution in [0.2, 0.25) is 5.02 Å². The summed E-state index contributed by atoms with van der Waals surface area (Å²) in [6.45, 7) is 0.325. The van der Waals surface area contributed by atoms with Gasteiger partial charge in [0.2, 0.25) is 11.7 Å². The number of benzene rings is 2. The molecule has 0 amide bonds. The van der Waals surface area contributed by atoms with E-state index in [1.807, 2.05) is 29.6 Å². The van der Waals surface area contributed by atoms with Gasteiger partial charge in [-0.15, -0.1) is 11.3 Å². The molecule has 4 aromatic rings. The first kappa shape index (κ1) is 18.5. The summed E-state index contributed by atoms with van der Waals surface area (Å²) >= 11 is 7.53. The van der Waals surface area contributed by atoms with Crippen LogP contribution in [0.15, 0.2) is 58.8 Å². The van der Waals surface area contributed by atoms with E-state index in [0.717, 1.165) is 21.3 Å². The number of hydrogen-bond acceptors (Lipinski definition) is 5. The first-order valence-electron chi connectivity index (χ1n) is 8.38. The number of aromatic nitrogens is 2. The molecule has 0 radical (unpaired) electrons. The smallest absolute Gasteiger partial charge is 0.316 e. The molecule has 0 aliphatic heterocycles. The molecule has 0 aliphatic rings. The van der Waals surface area contributed by atoms with Crippen molar-refractivity contribution in [3.8, 4) is 5.75 Å². The first-order chi connectivity index (χ1) is 13.5. The summed E-state index contributed by atoms with van der Waals surface area (Å²) in [6, 6.07) is 12.4. The number of methoxy groups -OCH3 is 1. The Kier molecular flexibility index (Phi) is 5.02. The Morgan fingerprint density at radius 1 is 1.29 bits per heavy atom. The van der Waals surface area contributed by atoms with Crippen LogP contribution in [0.25, 0.3) is 10.1 Å². The first-order valence-corrected chi connectivity index (χ1v) is 9.63. The third-order valence-corrected chi connectivity index (χ3v) is 5.43. The third kappa shape index (κ3) is 3.58. The highest BCUT2D eigenvalue weighted by Crippen LogP contribution is 2.30. The summed E-state index contributed by atoms with van der Waals surface area (Å²) in [5, 5.41) is 6.31. The number of nitrogens with one attached hydrogen (secondary N) is 1. The molecule has 2 heterocycles. The molecular formula is C20H15ClFN3O2S. The van der Waals surface area contributed by atoms with E-state index in [1.165, 1.54) is 13.2 Å². The van der Waals surface area contributed by atoms with Crippen LogP contribution >= 0.6 is 22.9 Å². The molecular weight excluding hydrogens is 401 g/mol. The molecule has 8 heteroatoms. The van der Waals surface area contributed by atoms with Gasteiger partial charge in [0.25, 0.3) is 0 Å².